The molecule has 1 aliphatic rings. The number of halogens is 1. The van der Waals surface area contributed by atoms with Crippen LogP contribution in [0.25, 0.3) is 0 Å². The summed E-state index contributed by atoms with van der Waals surface area (Å²) < 4.78 is 25.5. The predicted molar refractivity (Wildman–Crippen MR) is 124 cm³/mol. The van der Waals surface area contributed by atoms with Crippen molar-refractivity contribution >= 4 is 17.2 Å². The van der Waals surface area contributed by atoms with Gasteiger partial charge in [0.25, 0.3) is 5.91 Å². The minimum atomic E-state index is -0.223. The highest BCUT2D eigenvalue weighted by molar-refractivity contribution is 7.12. The predicted octanol–water partition coefficient (Wildman–Crippen LogP) is 4.82. The van der Waals surface area contributed by atoms with Crippen molar-refractivity contribution in [3.63, 3.8) is 0 Å². The molecule has 3 aromatic rings. The molecule has 1 aromatic heterocycles. The lowest BCUT2D eigenvalue weighted by Gasteiger charge is -2.41. The van der Waals surface area contributed by atoms with Gasteiger partial charge in [-0.2, -0.15) is 0 Å². The van der Waals surface area contributed by atoms with Gasteiger partial charge in [0.05, 0.1) is 25.1 Å². The molecule has 0 bridgehead atoms. The van der Waals surface area contributed by atoms with Crippen LogP contribution in [0.2, 0.25) is 0 Å². The molecule has 5 nitrogen and oxygen atoms in total. The van der Waals surface area contributed by atoms with Crippen LogP contribution in [-0.4, -0.2) is 37.6 Å². The van der Waals surface area contributed by atoms with Gasteiger partial charge in [0, 0.05) is 24.7 Å². The molecule has 2 heterocycles. The molecule has 32 heavy (non-hydrogen) atoms. The molecule has 7 heteroatoms. The first-order valence-electron chi connectivity index (χ1n) is 10.6. The molecule has 1 N–H and O–H groups in total. The monoisotopic (exact) mass is 454 g/mol. The summed E-state index contributed by atoms with van der Waals surface area (Å²) in [5, 5.41) is 5.04. The third kappa shape index (κ3) is 4.49. The van der Waals surface area contributed by atoms with E-state index in [1.165, 1.54) is 17.4 Å². The number of hydrogen-bond donors (Lipinski definition) is 1. The van der Waals surface area contributed by atoms with E-state index in [1.54, 1.807) is 20.3 Å². The smallest absolute Gasteiger partial charge is 0.261 e. The van der Waals surface area contributed by atoms with Crippen molar-refractivity contribution in [1.29, 1.82) is 0 Å². The Labute approximate surface area is 191 Å². The van der Waals surface area contributed by atoms with E-state index in [2.05, 4.69) is 10.2 Å². The lowest BCUT2D eigenvalue weighted by atomic mass is 9.87. The summed E-state index contributed by atoms with van der Waals surface area (Å²) in [5.74, 6) is 0.995. The molecule has 0 spiro atoms. The largest absolute Gasteiger partial charge is 0.493 e. The van der Waals surface area contributed by atoms with Crippen molar-refractivity contribution in [2.24, 2.45) is 0 Å². The topological polar surface area (TPSA) is 50.8 Å². The lowest BCUT2D eigenvalue weighted by Crippen LogP contribution is -2.47. The number of nitrogens with one attached hydrogen (secondary N) is 1. The molecule has 168 valence electrons. The first kappa shape index (κ1) is 22.3. The Bertz CT molecular complexity index is 1090. The van der Waals surface area contributed by atoms with E-state index in [1.807, 2.05) is 48.7 Å². The van der Waals surface area contributed by atoms with Crippen molar-refractivity contribution in [3.05, 3.63) is 81.3 Å². The van der Waals surface area contributed by atoms with Crippen LogP contribution in [0, 0.1) is 5.82 Å². The van der Waals surface area contributed by atoms with Crippen LogP contribution in [0.5, 0.6) is 11.5 Å². The van der Waals surface area contributed by atoms with Crippen molar-refractivity contribution in [2.75, 3.05) is 20.8 Å². The zero-order chi connectivity index (χ0) is 22.7. The van der Waals surface area contributed by atoms with Gasteiger partial charge in [-0.05, 0) is 54.1 Å². The quantitative estimate of drug-likeness (QED) is 0.556. The molecule has 4 rings (SSSR count). The normalized spacial score (nSPS) is 16.8. The molecular weight excluding hydrogens is 427 g/mol. The average Bonchev–Trinajstić information content (AvgIpc) is 3.34. The van der Waals surface area contributed by atoms with Gasteiger partial charge in [-0.1, -0.05) is 24.3 Å². The van der Waals surface area contributed by atoms with Gasteiger partial charge in [-0.3, -0.25) is 9.69 Å². The van der Waals surface area contributed by atoms with E-state index in [0.717, 1.165) is 24.1 Å². The molecule has 0 aliphatic carbocycles. The van der Waals surface area contributed by atoms with Gasteiger partial charge in [-0.15, -0.1) is 11.3 Å². The van der Waals surface area contributed by atoms with Crippen molar-refractivity contribution in [1.82, 2.24) is 10.2 Å². The summed E-state index contributed by atoms with van der Waals surface area (Å²) in [6.07, 6.45) is 0.798. The van der Waals surface area contributed by atoms with Crippen LogP contribution >= 0.6 is 11.3 Å². The van der Waals surface area contributed by atoms with Gasteiger partial charge >= 0.3 is 0 Å². The minimum absolute atomic E-state index is 0.106. The molecule has 0 saturated heterocycles. The molecule has 2 aromatic carbocycles. The molecule has 0 saturated carbocycles. The highest BCUT2D eigenvalue weighted by Gasteiger charge is 2.34. The Kier molecular flexibility index (Phi) is 6.77. The maximum Gasteiger partial charge on any atom is 0.261 e. The number of methoxy groups -OCH3 is 2. The van der Waals surface area contributed by atoms with Gasteiger partial charge in [0.2, 0.25) is 0 Å². The van der Waals surface area contributed by atoms with E-state index < -0.39 is 0 Å². The molecule has 1 aliphatic heterocycles. The third-order valence-corrected chi connectivity index (χ3v) is 6.80. The van der Waals surface area contributed by atoms with Crippen LogP contribution < -0.4 is 14.8 Å². The number of fused-ring (bicyclic) bond motifs is 1. The van der Waals surface area contributed by atoms with Crippen molar-refractivity contribution in [3.8, 4) is 11.5 Å². The number of benzene rings is 2. The molecule has 1 amide bonds. The van der Waals surface area contributed by atoms with Crippen LogP contribution in [0.15, 0.2) is 53.9 Å². The van der Waals surface area contributed by atoms with Crippen LogP contribution in [-0.2, 0) is 13.0 Å². The molecule has 0 unspecified atom stereocenters. The van der Waals surface area contributed by atoms with Crippen LogP contribution in [0.1, 0.15) is 39.3 Å². The first-order valence-corrected chi connectivity index (χ1v) is 11.5. The molecule has 0 fully saturated rings. The van der Waals surface area contributed by atoms with Crippen molar-refractivity contribution < 1.29 is 18.7 Å². The standard InChI is InChI=1S/C25H27FN2O3S/c1-16(27-25(29)23-9-6-12-32-23)24-19-14-22(31-3)21(30-2)13-17(19)10-11-28(24)15-18-7-4-5-8-20(18)26/h4-9,12-14,16,24H,10-11,15H2,1-3H3,(H,27,29)/t16-,24+/m1/s1. The molecule has 2 atom stereocenters. The number of amides is 1. The lowest BCUT2D eigenvalue weighted by molar-refractivity contribution is 0.0879. The zero-order valence-corrected chi connectivity index (χ0v) is 19.2. The fourth-order valence-electron chi connectivity index (χ4n) is 4.40. The van der Waals surface area contributed by atoms with E-state index in [4.69, 9.17) is 9.47 Å². The van der Waals surface area contributed by atoms with E-state index >= 15 is 0 Å². The fraction of sp³-hybridized carbons (Fsp3) is 0.320. The van der Waals surface area contributed by atoms with Crippen LogP contribution in [0.4, 0.5) is 4.39 Å². The summed E-state index contributed by atoms with van der Waals surface area (Å²) in [5.41, 5.74) is 2.84. The first-order chi connectivity index (χ1) is 15.5. The fourth-order valence-corrected chi connectivity index (χ4v) is 5.03. The third-order valence-electron chi connectivity index (χ3n) is 5.93. The highest BCUT2D eigenvalue weighted by Crippen LogP contribution is 2.40. The minimum Gasteiger partial charge on any atom is -0.493 e. The van der Waals surface area contributed by atoms with E-state index in [9.17, 15) is 9.18 Å². The second-order valence-corrected chi connectivity index (χ2v) is 8.85. The molecular formula is C25H27FN2O3S. The number of carbonyl (C=O) groups is 1. The number of hydrogen-bond acceptors (Lipinski definition) is 5. The second kappa shape index (κ2) is 9.71. The van der Waals surface area contributed by atoms with Crippen LogP contribution in [0.3, 0.4) is 0 Å². The number of carbonyl (C=O) groups excluding carboxylic acids is 1. The summed E-state index contributed by atoms with van der Waals surface area (Å²) in [4.78, 5) is 15.7. The highest BCUT2D eigenvalue weighted by atomic mass is 32.1. The summed E-state index contributed by atoms with van der Waals surface area (Å²) in [6.45, 7) is 3.18. The Morgan fingerprint density at radius 1 is 1.19 bits per heavy atom. The number of thiophene rings is 1. The summed E-state index contributed by atoms with van der Waals surface area (Å²) >= 11 is 1.41. The second-order valence-electron chi connectivity index (χ2n) is 7.90. The van der Waals surface area contributed by atoms with Gasteiger partial charge < -0.3 is 14.8 Å². The zero-order valence-electron chi connectivity index (χ0n) is 18.4. The Morgan fingerprint density at radius 3 is 2.62 bits per heavy atom. The van der Waals surface area contributed by atoms with E-state index in [-0.39, 0.29) is 23.8 Å². The average molecular weight is 455 g/mol. The maximum absolute atomic E-state index is 14.5. The Morgan fingerprint density at radius 2 is 1.94 bits per heavy atom. The van der Waals surface area contributed by atoms with Gasteiger partial charge in [0.15, 0.2) is 11.5 Å². The number of rotatable bonds is 7. The SMILES string of the molecule is COc1cc2c(cc1OC)[C@H]([C@@H](C)NC(=O)c1cccs1)N(Cc1ccccc1F)CC2. The Hall–Kier alpha value is -2.90. The summed E-state index contributed by atoms with van der Waals surface area (Å²) in [6, 6.07) is 14.1. The molecule has 0 radical (unpaired) electrons. The Balaban J connectivity index is 1.70. The number of nitrogens with zero attached hydrogens (tertiary/aromatic N) is 1. The maximum atomic E-state index is 14.5. The number of ether oxygens (including phenoxy) is 2. The summed E-state index contributed by atoms with van der Waals surface area (Å²) in [7, 11) is 3.24. The van der Waals surface area contributed by atoms with E-state index in [0.29, 0.717) is 28.5 Å². The van der Waals surface area contributed by atoms with Gasteiger partial charge in [-0.25, -0.2) is 4.39 Å². The van der Waals surface area contributed by atoms with Crippen molar-refractivity contribution in [2.45, 2.75) is 32.0 Å². The van der Waals surface area contributed by atoms with Gasteiger partial charge in [0.1, 0.15) is 5.82 Å².